The summed E-state index contributed by atoms with van der Waals surface area (Å²) in [6.45, 7) is 0.304. The first-order valence-electron chi connectivity index (χ1n) is 8.92. The molecule has 158 valence electrons. The third kappa shape index (κ3) is 8.86. The molecule has 2 aromatic rings. The first kappa shape index (κ1) is 22.5. The van der Waals surface area contributed by atoms with Crippen LogP contribution in [0.5, 0.6) is 5.75 Å². The van der Waals surface area contributed by atoms with Gasteiger partial charge in [-0.05, 0) is 35.6 Å². The summed E-state index contributed by atoms with van der Waals surface area (Å²) in [5.74, 6) is 0.676. The fraction of sp³-hybridized carbons (Fsp3) is 0.368. The molecule has 1 amide bonds. The van der Waals surface area contributed by atoms with Crippen LogP contribution < -0.4 is 20.7 Å². The molecule has 1 aromatic carbocycles. The van der Waals surface area contributed by atoms with Gasteiger partial charge < -0.3 is 20.7 Å². The number of ether oxygens (including phenoxy) is 1. The molecule has 0 atom stereocenters. The van der Waals surface area contributed by atoms with Gasteiger partial charge in [-0.2, -0.15) is 13.2 Å². The summed E-state index contributed by atoms with van der Waals surface area (Å²) in [5.41, 5.74) is 0.871. The van der Waals surface area contributed by atoms with Crippen LogP contribution in [0.15, 0.2) is 46.8 Å². The van der Waals surface area contributed by atoms with Crippen LogP contribution in [0.2, 0.25) is 0 Å². The van der Waals surface area contributed by atoms with Crippen LogP contribution in [0, 0.1) is 0 Å². The number of thiophene rings is 1. The molecule has 0 aliphatic carbocycles. The molecule has 0 radical (unpaired) electrons. The molecule has 10 heteroatoms. The minimum absolute atomic E-state index is 0.0785. The Bertz CT molecular complexity index is 778. The number of carbonyl (C=O) groups excluding carboxylic acids is 1. The van der Waals surface area contributed by atoms with Crippen molar-refractivity contribution in [2.24, 2.45) is 4.99 Å². The van der Waals surface area contributed by atoms with E-state index in [2.05, 4.69) is 25.7 Å². The van der Waals surface area contributed by atoms with E-state index in [0.717, 1.165) is 12.0 Å². The zero-order valence-electron chi connectivity index (χ0n) is 15.9. The Morgan fingerprint density at radius 1 is 1.10 bits per heavy atom. The number of halogens is 3. The van der Waals surface area contributed by atoms with E-state index in [0.29, 0.717) is 30.5 Å². The van der Waals surface area contributed by atoms with Gasteiger partial charge in [0.25, 0.3) is 5.91 Å². The molecular weight excluding hydrogens is 405 g/mol. The van der Waals surface area contributed by atoms with E-state index < -0.39 is 12.8 Å². The lowest BCUT2D eigenvalue weighted by molar-refractivity contribution is -0.153. The Hall–Kier alpha value is -2.75. The molecule has 0 spiro atoms. The summed E-state index contributed by atoms with van der Waals surface area (Å²) < 4.78 is 41.1. The first-order chi connectivity index (χ1) is 13.9. The number of alkyl halides is 3. The van der Waals surface area contributed by atoms with Crippen molar-refractivity contribution in [3.8, 4) is 5.75 Å². The highest BCUT2D eigenvalue weighted by Gasteiger charge is 2.28. The molecule has 0 saturated carbocycles. The SMILES string of the molecule is CN=C(NCCCNC(=O)c1cccs1)NCc1ccc(OCC(F)(F)F)cc1. The lowest BCUT2D eigenvalue weighted by Crippen LogP contribution is -2.38. The zero-order valence-corrected chi connectivity index (χ0v) is 16.7. The third-order valence-corrected chi connectivity index (χ3v) is 4.55. The second-order valence-electron chi connectivity index (χ2n) is 5.99. The molecule has 0 aliphatic heterocycles. The van der Waals surface area contributed by atoms with Gasteiger partial charge in [-0.3, -0.25) is 9.79 Å². The van der Waals surface area contributed by atoms with Crippen molar-refractivity contribution >= 4 is 23.2 Å². The van der Waals surface area contributed by atoms with Gasteiger partial charge in [-0.25, -0.2) is 0 Å². The average molecular weight is 428 g/mol. The second kappa shape index (κ2) is 11.3. The third-order valence-electron chi connectivity index (χ3n) is 3.69. The number of hydrogen-bond donors (Lipinski definition) is 3. The normalized spacial score (nSPS) is 11.8. The summed E-state index contributed by atoms with van der Waals surface area (Å²) in [4.78, 5) is 16.6. The van der Waals surface area contributed by atoms with E-state index in [9.17, 15) is 18.0 Å². The molecular formula is C19H23F3N4O2S. The number of aliphatic imine (C=N–C) groups is 1. The summed E-state index contributed by atoms with van der Waals surface area (Å²) in [6.07, 6.45) is -3.63. The van der Waals surface area contributed by atoms with Crippen LogP contribution in [0.4, 0.5) is 13.2 Å². The molecule has 1 aromatic heterocycles. The van der Waals surface area contributed by atoms with Crippen LogP contribution in [0.25, 0.3) is 0 Å². The highest BCUT2D eigenvalue weighted by atomic mass is 32.1. The van der Waals surface area contributed by atoms with Crippen molar-refractivity contribution in [2.75, 3.05) is 26.7 Å². The van der Waals surface area contributed by atoms with Crippen molar-refractivity contribution in [1.29, 1.82) is 0 Å². The monoisotopic (exact) mass is 428 g/mol. The van der Waals surface area contributed by atoms with Gasteiger partial charge in [0.15, 0.2) is 12.6 Å². The van der Waals surface area contributed by atoms with Crippen LogP contribution >= 0.6 is 11.3 Å². The summed E-state index contributed by atoms with van der Waals surface area (Å²) >= 11 is 1.40. The van der Waals surface area contributed by atoms with Gasteiger partial charge >= 0.3 is 6.18 Å². The minimum Gasteiger partial charge on any atom is -0.484 e. The van der Waals surface area contributed by atoms with Crippen molar-refractivity contribution in [3.05, 3.63) is 52.2 Å². The summed E-state index contributed by atoms with van der Waals surface area (Å²) in [7, 11) is 1.64. The van der Waals surface area contributed by atoms with E-state index in [4.69, 9.17) is 0 Å². The topological polar surface area (TPSA) is 74.8 Å². The van der Waals surface area contributed by atoms with Crippen molar-refractivity contribution < 1.29 is 22.7 Å². The van der Waals surface area contributed by atoms with Crippen LogP contribution in [-0.4, -0.2) is 44.8 Å². The molecule has 2 rings (SSSR count). The first-order valence-corrected chi connectivity index (χ1v) is 9.80. The number of nitrogens with one attached hydrogen (secondary N) is 3. The Labute approximate surface area is 171 Å². The van der Waals surface area contributed by atoms with Crippen LogP contribution in [-0.2, 0) is 6.54 Å². The Balaban J connectivity index is 1.63. The maximum absolute atomic E-state index is 12.1. The van der Waals surface area contributed by atoms with Gasteiger partial charge in [0.05, 0.1) is 4.88 Å². The van der Waals surface area contributed by atoms with Crippen molar-refractivity contribution in [2.45, 2.75) is 19.1 Å². The molecule has 1 heterocycles. The largest absolute Gasteiger partial charge is 0.484 e. The lowest BCUT2D eigenvalue weighted by Gasteiger charge is -2.13. The lowest BCUT2D eigenvalue weighted by atomic mass is 10.2. The van der Waals surface area contributed by atoms with Crippen molar-refractivity contribution in [3.63, 3.8) is 0 Å². The molecule has 0 fully saturated rings. The fourth-order valence-electron chi connectivity index (χ4n) is 2.27. The van der Waals surface area contributed by atoms with Gasteiger partial charge in [-0.1, -0.05) is 18.2 Å². The maximum atomic E-state index is 12.1. The standard InChI is InChI=1S/C19H23F3N4O2S/c1-23-18(25-10-3-9-24-17(27)16-4-2-11-29-16)26-12-14-5-7-15(8-6-14)28-13-19(20,21)22/h2,4-8,11H,3,9-10,12-13H2,1H3,(H,24,27)(H2,23,25,26). The predicted octanol–water partition coefficient (Wildman–Crippen LogP) is 3.17. The number of carbonyl (C=O) groups is 1. The van der Waals surface area contributed by atoms with Gasteiger partial charge in [0.2, 0.25) is 0 Å². The van der Waals surface area contributed by atoms with Crippen LogP contribution in [0.1, 0.15) is 21.7 Å². The Morgan fingerprint density at radius 2 is 1.83 bits per heavy atom. The number of guanidine groups is 1. The molecule has 0 aliphatic rings. The summed E-state index contributed by atoms with van der Waals surface area (Å²) in [6, 6.07) is 9.97. The molecule has 6 nitrogen and oxygen atoms in total. The molecule has 3 N–H and O–H groups in total. The van der Waals surface area contributed by atoms with Crippen LogP contribution in [0.3, 0.4) is 0 Å². The Kier molecular flexibility index (Phi) is 8.78. The number of benzene rings is 1. The number of amides is 1. The predicted molar refractivity (Wildman–Crippen MR) is 107 cm³/mol. The smallest absolute Gasteiger partial charge is 0.422 e. The number of hydrogen-bond acceptors (Lipinski definition) is 4. The molecule has 0 unspecified atom stereocenters. The highest BCUT2D eigenvalue weighted by molar-refractivity contribution is 7.12. The van der Waals surface area contributed by atoms with Crippen molar-refractivity contribution in [1.82, 2.24) is 16.0 Å². The van der Waals surface area contributed by atoms with E-state index in [1.807, 2.05) is 11.4 Å². The molecule has 0 bridgehead atoms. The second-order valence-corrected chi connectivity index (χ2v) is 6.93. The summed E-state index contributed by atoms with van der Waals surface area (Å²) in [5, 5.41) is 11.0. The van der Waals surface area contributed by atoms with Gasteiger partial charge in [0, 0.05) is 26.7 Å². The van der Waals surface area contributed by atoms with Gasteiger partial charge in [0.1, 0.15) is 5.75 Å². The Morgan fingerprint density at radius 3 is 2.45 bits per heavy atom. The van der Waals surface area contributed by atoms with E-state index in [1.165, 1.54) is 23.5 Å². The van der Waals surface area contributed by atoms with E-state index in [-0.39, 0.29) is 11.7 Å². The average Bonchev–Trinajstić information content (AvgIpc) is 3.23. The molecule has 0 saturated heterocycles. The van der Waals surface area contributed by atoms with Gasteiger partial charge in [-0.15, -0.1) is 11.3 Å². The highest BCUT2D eigenvalue weighted by Crippen LogP contribution is 2.18. The fourth-order valence-corrected chi connectivity index (χ4v) is 2.91. The minimum atomic E-state index is -4.36. The van der Waals surface area contributed by atoms with E-state index >= 15 is 0 Å². The molecule has 29 heavy (non-hydrogen) atoms. The quantitative estimate of drug-likeness (QED) is 0.326. The maximum Gasteiger partial charge on any atom is 0.422 e. The number of rotatable bonds is 9. The number of nitrogens with zero attached hydrogens (tertiary/aromatic N) is 1. The van der Waals surface area contributed by atoms with E-state index in [1.54, 1.807) is 25.2 Å². The zero-order chi connectivity index (χ0) is 21.1.